The molecule has 4 heterocycles. The molecular weight excluding hydrogens is 869 g/mol. The largest absolute Gasteiger partial charge is 0.309 e. The molecular formula is C63H42N6Si. The molecule has 4 aromatic heterocycles. The van der Waals surface area contributed by atoms with Crippen LogP contribution in [-0.4, -0.2) is 36.7 Å². The number of nitrogens with zero attached hydrogens (tertiary/aromatic N) is 6. The summed E-state index contributed by atoms with van der Waals surface area (Å²) in [7, 11) is -2.85. The Morgan fingerprint density at radius 2 is 0.600 bits per heavy atom. The van der Waals surface area contributed by atoms with Gasteiger partial charge < -0.3 is 4.57 Å². The third kappa shape index (κ3) is 5.95. The van der Waals surface area contributed by atoms with Gasteiger partial charge in [-0.1, -0.05) is 206 Å². The Labute approximate surface area is 404 Å². The van der Waals surface area contributed by atoms with Gasteiger partial charge in [0.1, 0.15) is 0 Å². The molecule has 6 nitrogen and oxygen atoms in total. The zero-order valence-electron chi connectivity index (χ0n) is 37.9. The van der Waals surface area contributed by atoms with Crippen molar-refractivity contribution in [3.63, 3.8) is 0 Å². The number of hydrogen-bond acceptors (Lipinski definition) is 3. The van der Waals surface area contributed by atoms with Gasteiger partial charge in [-0.3, -0.25) is 9.13 Å². The summed E-state index contributed by atoms with van der Waals surface area (Å²) in [5.41, 5.74) is 8.20. The molecule has 0 saturated heterocycles. The second-order valence-corrected chi connectivity index (χ2v) is 21.8. The molecule has 7 heteroatoms. The molecule has 0 saturated carbocycles. The van der Waals surface area contributed by atoms with E-state index in [1.807, 2.05) is 0 Å². The van der Waals surface area contributed by atoms with Gasteiger partial charge in [-0.25, -0.2) is 0 Å². The molecule has 0 fully saturated rings. The van der Waals surface area contributed by atoms with Crippen LogP contribution in [0.15, 0.2) is 255 Å². The fourth-order valence-electron chi connectivity index (χ4n) is 11.3. The summed E-state index contributed by atoms with van der Waals surface area (Å²) in [4.78, 5) is 16.7. The molecule has 0 spiro atoms. The Kier molecular flexibility index (Phi) is 9.12. The molecule has 10 aromatic carbocycles. The minimum Gasteiger partial charge on any atom is -0.309 e. The van der Waals surface area contributed by atoms with Crippen LogP contribution in [0, 0.1) is 0 Å². The van der Waals surface area contributed by atoms with Crippen molar-refractivity contribution in [2.45, 2.75) is 0 Å². The normalized spacial score (nSPS) is 12.0. The third-order valence-corrected chi connectivity index (χ3v) is 19.1. The number of aromatic nitrogens is 6. The van der Waals surface area contributed by atoms with E-state index in [1.54, 1.807) is 0 Å². The van der Waals surface area contributed by atoms with Crippen LogP contribution in [0.4, 0.5) is 0 Å². The highest BCUT2D eigenvalue weighted by atomic mass is 28.3. The van der Waals surface area contributed by atoms with Crippen LogP contribution < -0.4 is 20.7 Å². The van der Waals surface area contributed by atoms with Crippen molar-refractivity contribution in [3.05, 3.63) is 255 Å². The molecule has 328 valence electrons. The maximum atomic E-state index is 5.58. The first-order valence-electron chi connectivity index (χ1n) is 23.8. The Morgan fingerprint density at radius 1 is 0.257 bits per heavy atom. The van der Waals surface area contributed by atoms with Crippen molar-refractivity contribution < 1.29 is 0 Å². The lowest BCUT2D eigenvalue weighted by molar-refractivity contribution is 0.892. The minimum absolute atomic E-state index is 0.538. The molecule has 70 heavy (non-hydrogen) atoms. The molecule has 0 bridgehead atoms. The first kappa shape index (κ1) is 39.9. The molecule has 0 radical (unpaired) electrons. The van der Waals surface area contributed by atoms with E-state index in [-0.39, 0.29) is 0 Å². The van der Waals surface area contributed by atoms with Crippen LogP contribution >= 0.6 is 0 Å². The van der Waals surface area contributed by atoms with Crippen molar-refractivity contribution in [1.29, 1.82) is 0 Å². The Bertz CT molecular complexity index is 4100. The van der Waals surface area contributed by atoms with E-state index < -0.39 is 8.07 Å². The van der Waals surface area contributed by atoms with Crippen LogP contribution in [0.1, 0.15) is 0 Å². The molecule has 14 rings (SSSR count). The first-order valence-corrected chi connectivity index (χ1v) is 25.8. The standard InChI is InChI=1S/C63H42N6Si/c1-4-22-43(23-5-1)70(44-24-6-2-7-25-44,45-26-8-3-9-27-45)46-40-41-60-53(42-46)51-32-14-20-38-58(51)69(60)63-65-61(64-62(66-63)68-56-36-18-12-30-49(56)50-31-13-19-37-57(50)68)52-33-15-21-39-59(52)67-54-34-16-10-28-47(54)48-29-11-17-35-55(48)67/h1-42H. The van der Waals surface area contributed by atoms with Crippen molar-refractivity contribution in [2.24, 2.45) is 0 Å². The lowest BCUT2D eigenvalue weighted by Gasteiger charge is -2.34. The smallest absolute Gasteiger partial charge is 0.240 e. The Balaban J connectivity index is 1.07. The van der Waals surface area contributed by atoms with Crippen molar-refractivity contribution in [1.82, 2.24) is 28.7 Å². The van der Waals surface area contributed by atoms with Crippen LogP contribution in [0.2, 0.25) is 0 Å². The molecule has 0 amide bonds. The number of fused-ring (bicyclic) bond motifs is 9. The van der Waals surface area contributed by atoms with Crippen LogP contribution in [0.25, 0.3) is 94.4 Å². The zero-order valence-corrected chi connectivity index (χ0v) is 38.9. The topological polar surface area (TPSA) is 53.5 Å². The second kappa shape index (κ2) is 16.0. The van der Waals surface area contributed by atoms with E-state index in [9.17, 15) is 0 Å². The van der Waals surface area contributed by atoms with Crippen LogP contribution in [0.3, 0.4) is 0 Å². The van der Waals surface area contributed by atoms with E-state index in [4.69, 9.17) is 15.0 Å². The average Bonchev–Trinajstić information content (AvgIpc) is 4.08. The van der Waals surface area contributed by atoms with E-state index in [2.05, 4.69) is 268 Å². The van der Waals surface area contributed by atoms with Gasteiger partial charge in [-0.05, 0) is 69.3 Å². The summed E-state index contributed by atoms with van der Waals surface area (Å²) >= 11 is 0. The van der Waals surface area contributed by atoms with Gasteiger partial charge in [-0.15, -0.1) is 0 Å². The summed E-state index contributed by atoms with van der Waals surface area (Å²) in [5, 5.41) is 12.2. The predicted octanol–water partition coefficient (Wildman–Crippen LogP) is 12.2. The Hall–Kier alpha value is -9.17. The van der Waals surface area contributed by atoms with E-state index in [1.165, 1.54) is 31.5 Å². The summed E-state index contributed by atoms with van der Waals surface area (Å²) in [6, 6.07) is 92.0. The lowest BCUT2D eigenvalue weighted by Crippen LogP contribution is -2.74. The second-order valence-electron chi connectivity index (χ2n) is 17.9. The van der Waals surface area contributed by atoms with Crippen LogP contribution in [0.5, 0.6) is 0 Å². The molecule has 0 N–H and O–H groups in total. The molecule has 0 aliphatic rings. The van der Waals surface area contributed by atoms with Gasteiger partial charge in [0.15, 0.2) is 13.9 Å². The third-order valence-electron chi connectivity index (χ3n) is 14.3. The summed E-state index contributed by atoms with van der Waals surface area (Å²) in [5.74, 6) is 1.65. The maximum absolute atomic E-state index is 5.58. The highest BCUT2D eigenvalue weighted by Crippen LogP contribution is 2.38. The van der Waals surface area contributed by atoms with Gasteiger partial charge >= 0.3 is 0 Å². The fraction of sp³-hybridized carbons (Fsp3) is 0. The van der Waals surface area contributed by atoms with E-state index in [0.717, 1.165) is 65.9 Å². The zero-order chi connectivity index (χ0) is 46.2. The van der Waals surface area contributed by atoms with Gasteiger partial charge in [0, 0.05) is 37.9 Å². The minimum atomic E-state index is -2.85. The Morgan fingerprint density at radius 3 is 1.04 bits per heavy atom. The van der Waals surface area contributed by atoms with Crippen LogP contribution in [-0.2, 0) is 0 Å². The van der Waals surface area contributed by atoms with Crippen molar-refractivity contribution >= 4 is 94.2 Å². The average molecular weight is 911 g/mol. The van der Waals surface area contributed by atoms with Crippen molar-refractivity contribution in [2.75, 3.05) is 0 Å². The molecule has 0 unspecified atom stereocenters. The van der Waals surface area contributed by atoms with Gasteiger partial charge in [0.2, 0.25) is 11.9 Å². The van der Waals surface area contributed by atoms with E-state index >= 15 is 0 Å². The first-order chi connectivity index (χ1) is 34.8. The number of rotatable bonds is 8. The van der Waals surface area contributed by atoms with Crippen molar-refractivity contribution in [3.8, 4) is 29.0 Å². The monoisotopic (exact) mass is 910 g/mol. The van der Waals surface area contributed by atoms with Gasteiger partial charge in [-0.2, -0.15) is 15.0 Å². The SMILES string of the molecule is c1ccc([Si](c2ccccc2)(c2ccccc2)c2ccc3c(c2)c2ccccc2n3-c2nc(-c3ccccc3-n3c4ccccc4c4ccccc43)nc(-n3c4ccccc4c4ccccc43)n2)cc1. The number of para-hydroxylation sites is 6. The number of benzene rings is 10. The van der Waals surface area contributed by atoms with E-state index in [0.29, 0.717) is 17.7 Å². The molecule has 0 aliphatic carbocycles. The quantitative estimate of drug-likeness (QED) is 0.113. The summed E-state index contributed by atoms with van der Waals surface area (Å²) in [6.07, 6.45) is 0. The summed E-state index contributed by atoms with van der Waals surface area (Å²) in [6.45, 7) is 0. The maximum Gasteiger partial charge on any atom is 0.240 e. The lowest BCUT2D eigenvalue weighted by atomic mass is 10.1. The van der Waals surface area contributed by atoms with Gasteiger partial charge in [0.05, 0.1) is 38.8 Å². The molecule has 0 aliphatic heterocycles. The summed E-state index contributed by atoms with van der Waals surface area (Å²) < 4.78 is 6.80. The van der Waals surface area contributed by atoms with Gasteiger partial charge in [0.25, 0.3) is 0 Å². The highest BCUT2D eigenvalue weighted by Gasteiger charge is 2.41. The fourth-order valence-corrected chi connectivity index (χ4v) is 16.1. The predicted molar refractivity (Wildman–Crippen MR) is 292 cm³/mol. The molecule has 14 aromatic rings. The number of hydrogen-bond donors (Lipinski definition) is 0. The highest BCUT2D eigenvalue weighted by molar-refractivity contribution is 7.20. The molecule has 0 atom stereocenters.